The summed E-state index contributed by atoms with van der Waals surface area (Å²) in [5, 5.41) is 9.74. The molecular formula is C13H15N3O. The van der Waals surface area contributed by atoms with Gasteiger partial charge in [-0.2, -0.15) is 0 Å². The predicted molar refractivity (Wildman–Crippen MR) is 67.1 cm³/mol. The van der Waals surface area contributed by atoms with Gasteiger partial charge in [0.25, 0.3) is 0 Å². The molecule has 0 radical (unpaired) electrons. The van der Waals surface area contributed by atoms with Crippen LogP contribution in [0.25, 0.3) is 5.69 Å². The SMILES string of the molecule is NCC=CCc1cc(-n2ccnc2)ccc1O. The van der Waals surface area contributed by atoms with Gasteiger partial charge in [0.2, 0.25) is 0 Å². The van der Waals surface area contributed by atoms with E-state index in [2.05, 4.69) is 4.98 Å². The summed E-state index contributed by atoms with van der Waals surface area (Å²) in [6, 6.07) is 5.49. The maximum Gasteiger partial charge on any atom is 0.119 e. The Bertz CT molecular complexity index is 503. The van der Waals surface area contributed by atoms with E-state index in [0.717, 1.165) is 11.3 Å². The van der Waals surface area contributed by atoms with Crippen molar-refractivity contribution in [1.82, 2.24) is 9.55 Å². The van der Waals surface area contributed by atoms with Gasteiger partial charge >= 0.3 is 0 Å². The summed E-state index contributed by atoms with van der Waals surface area (Å²) in [7, 11) is 0. The second-order valence-electron chi connectivity index (χ2n) is 3.69. The zero-order valence-corrected chi connectivity index (χ0v) is 9.45. The molecule has 0 aliphatic rings. The first kappa shape index (κ1) is 11.4. The molecule has 1 aromatic heterocycles. The number of benzene rings is 1. The fourth-order valence-electron chi connectivity index (χ4n) is 1.61. The van der Waals surface area contributed by atoms with E-state index >= 15 is 0 Å². The first-order valence-corrected chi connectivity index (χ1v) is 5.46. The van der Waals surface area contributed by atoms with Crippen LogP contribution in [0, 0.1) is 0 Å². The third kappa shape index (κ3) is 2.73. The lowest BCUT2D eigenvalue weighted by molar-refractivity contribution is 0.469. The van der Waals surface area contributed by atoms with Gasteiger partial charge in [0.05, 0.1) is 6.33 Å². The maximum atomic E-state index is 9.74. The third-order valence-corrected chi connectivity index (χ3v) is 2.51. The Morgan fingerprint density at radius 2 is 2.24 bits per heavy atom. The van der Waals surface area contributed by atoms with Gasteiger partial charge in [-0.3, -0.25) is 0 Å². The first-order valence-electron chi connectivity index (χ1n) is 5.46. The highest BCUT2D eigenvalue weighted by Gasteiger charge is 2.02. The molecule has 2 aromatic rings. The lowest BCUT2D eigenvalue weighted by atomic mass is 10.1. The van der Waals surface area contributed by atoms with E-state index in [-0.39, 0.29) is 0 Å². The molecule has 0 aliphatic heterocycles. The van der Waals surface area contributed by atoms with Crippen LogP contribution in [0.2, 0.25) is 0 Å². The quantitative estimate of drug-likeness (QED) is 0.783. The number of phenols is 1. The molecule has 0 spiro atoms. The number of aromatic hydroxyl groups is 1. The van der Waals surface area contributed by atoms with E-state index in [1.807, 2.05) is 35.0 Å². The molecule has 0 saturated heterocycles. The number of nitrogens with zero attached hydrogens (tertiary/aromatic N) is 2. The molecule has 4 nitrogen and oxygen atoms in total. The second-order valence-corrected chi connectivity index (χ2v) is 3.69. The van der Waals surface area contributed by atoms with E-state index in [0.29, 0.717) is 18.7 Å². The van der Waals surface area contributed by atoms with Crippen LogP contribution in [-0.2, 0) is 6.42 Å². The highest BCUT2D eigenvalue weighted by molar-refractivity contribution is 5.44. The summed E-state index contributed by atoms with van der Waals surface area (Å²) < 4.78 is 1.90. The number of hydrogen-bond donors (Lipinski definition) is 2. The molecule has 1 heterocycles. The summed E-state index contributed by atoms with van der Waals surface area (Å²) in [6.45, 7) is 0.516. The monoisotopic (exact) mass is 229 g/mol. The Balaban J connectivity index is 2.26. The van der Waals surface area contributed by atoms with Crippen LogP contribution in [0.15, 0.2) is 49.1 Å². The molecular weight excluding hydrogens is 214 g/mol. The van der Waals surface area contributed by atoms with Crippen molar-refractivity contribution in [2.45, 2.75) is 6.42 Å². The van der Waals surface area contributed by atoms with Crippen LogP contribution in [0.1, 0.15) is 5.56 Å². The number of rotatable bonds is 4. The van der Waals surface area contributed by atoms with E-state index in [1.165, 1.54) is 0 Å². The van der Waals surface area contributed by atoms with Gasteiger partial charge in [0, 0.05) is 24.6 Å². The zero-order chi connectivity index (χ0) is 12.1. The Morgan fingerprint density at radius 3 is 2.94 bits per heavy atom. The molecule has 17 heavy (non-hydrogen) atoms. The van der Waals surface area contributed by atoms with Crippen molar-refractivity contribution >= 4 is 0 Å². The van der Waals surface area contributed by atoms with Crippen molar-refractivity contribution in [3.05, 3.63) is 54.6 Å². The fraction of sp³-hybridized carbons (Fsp3) is 0.154. The Morgan fingerprint density at radius 1 is 1.35 bits per heavy atom. The number of hydrogen-bond acceptors (Lipinski definition) is 3. The zero-order valence-electron chi connectivity index (χ0n) is 9.45. The summed E-state index contributed by atoms with van der Waals surface area (Å²) in [5.41, 5.74) is 7.23. The van der Waals surface area contributed by atoms with Gasteiger partial charge in [-0.1, -0.05) is 12.2 Å². The summed E-state index contributed by atoms with van der Waals surface area (Å²) in [6.07, 6.45) is 9.82. The van der Waals surface area contributed by atoms with Crippen molar-refractivity contribution in [2.75, 3.05) is 6.54 Å². The molecule has 0 atom stereocenters. The normalized spacial score (nSPS) is 11.1. The fourth-order valence-corrected chi connectivity index (χ4v) is 1.61. The van der Waals surface area contributed by atoms with Gasteiger partial charge in [0.15, 0.2) is 0 Å². The van der Waals surface area contributed by atoms with Crippen molar-refractivity contribution in [3.8, 4) is 11.4 Å². The summed E-state index contributed by atoms with van der Waals surface area (Å²) >= 11 is 0. The van der Waals surface area contributed by atoms with Crippen LogP contribution >= 0.6 is 0 Å². The van der Waals surface area contributed by atoms with Crippen LogP contribution in [0.5, 0.6) is 5.75 Å². The molecule has 4 heteroatoms. The molecule has 0 fully saturated rings. The molecule has 0 aliphatic carbocycles. The predicted octanol–water partition coefficient (Wildman–Crippen LogP) is 1.64. The molecule has 0 bridgehead atoms. The standard InChI is InChI=1S/C13H15N3O/c14-6-2-1-3-11-9-12(4-5-13(11)17)16-8-7-15-10-16/h1-2,4-5,7-10,17H,3,6,14H2. The van der Waals surface area contributed by atoms with E-state index in [4.69, 9.17) is 5.73 Å². The molecule has 2 rings (SSSR count). The van der Waals surface area contributed by atoms with Gasteiger partial charge in [-0.05, 0) is 30.2 Å². The number of aromatic nitrogens is 2. The molecule has 0 saturated carbocycles. The number of nitrogens with two attached hydrogens (primary N) is 1. The van der Waals surface area contributed by atoms with E-state index in [9.17, 15) is 5.11 Å². The average Bonchev–Trinajstić information content (AvgIpc) is 2.85. The minimum atomic E-state index is 0.301. The van der Waals surface area contributed by atoms with Crippen molar-refractivity contribution in [2.24, 2.45) is 5.73 Å². The topological polar surface area (TPSA) is 64.1 Å². The third-order valence-electron chi connectivity index (χ3n) is 2.51. The average molecular weight is 229 g/mol. The smallest absolute Gasteiger partial charge is 0.119 e. The number of allylic oxidation sites excluding steroid dienone is 1. The Labute approximate surface area is 100 Å². The molecule has 1 aromatic carbocycles. The van der Waals surface area contributed by atoms with Gasteiger partial charge in [-0.15, -0.1) is 0 Å². The number of imidazole rings is 1. The first-order chi connectivity index (χ1) is 8.31. The lowest BCUT2D eigenvalue weighted by Gasteiger charge is -2.06. The molecule has 0 amide bonds. The molecule has 3 N–H and O–H groups in total. The summed E-state index contributed by atoms with van der Waals surface area (Å²) in [4.78, 5) is 4.00. The van der Waals surface area contributed by atoms with E-state index < -0.39 is 0 Å². The Kier molecular flexibility index (Phi) is 3.57. The number of phenolic OH excluding ortho intramolecular Hbond substituents is 1. The second kappa shape index (κ2) is 5.32. The van der Waals surface area contributed by atoms with Crippen molar-refractivity contribution in [3.63, 3.8) is 0 Å². The van der Waals surface area contributed by atoms with Crippen LogP contribution in [0.4, 0.5) is 0 Å². The highest BCUT2D eigenvalue weighted by Crippen LogP contribution is 2.21. The minimum Gasteiger partial charge on any atom is -0.508 e. The van der Waals surface area contributed by atoms with Gasteiger partial charge < -0.3 is 15.4 Å². The lowest BCUT2D eigenvalue weighted by Crippen LogP contribution is -1.94. The highest BCUT2D eigenvalue weighted by atomic mass is 16.3. The maximum absolute atomic E-state index is 9.74. The van der Waals surface area contributed by atoms with Gasteiger partial charge in [0.1, 0.15) is 5.75 Å². The largest absolute Gasteiger partial charge is 0.508 e. The van der Waals surface area contributed by atoms with Crippen LogP contribution in [-0.4, -0.2) is 21.2 Å². The summed E-state index contributed by atoms with van der Waals surface area (Å²) in [5.74, 6) is 0.301. The molecule has 88 valence electrons. The minimum absolute atomic E-state index is 0.301. The van der Waals surface area contributed by atoms with Crippen LogP contribution < -0.4 is 5.73 Å². The van der Waals surface area contributed by atoms with Gasteiger partial charge in [-0.25, -0.2) is 4.98 Å². The molecule has 0 unspecified atom stereocenters. The van der Waals surface area contributed by atoms with Crippen molar-refractivity contribution in [1.29, 1.82) is 0 Å². The van der Waals surface area contributed by atoms with Crippen LogP contribution in [0.3, 0.4) is 0 Å². The Hall–Kier alpha value is -2.07. The van der Waals surface area contributed by atoms with Crippen molar-refractivity contribution < 1.29 is 5.11 Å². The van der Waals surface area contributed by atoms with E-state index in [1.54, 1.807) is 18.6 Å².